The molecular formula is C9H16ClNO5S2. The van der Waals surface area contributed by atoms with Crippen LogP contribution in [0, 0.1) is 0 Å². The second-order valence-corrected chi connectivity index (χ2v) is 10.2. The Hall–Kier alpha value is -0.340. The van der Waals surface area contributed by atoms with Gasteiger partial charge in [-0.3, -0.25) is 4.79 Å². The molecule has 1 N–H and O–H groups in total. The van der Waals surface area contributed by atoms with Gasteiger partial charge in [-0.15, -0.1) is 11.6 Å². The number of hydrogen-bond donors (Lipinski definition) is 1. The van der Waals surface area contributed by atoms with Gasteiger partial charge in [-0.2, -0.15) is 0 Å². The lowest BCUT2D eigenvalue weighted by Crippen LogP contribution is -2.52. The van der Waals surface area contributed by atoms with Crippen LogP contribution in [0.3, 0.4) is 0 Å². The minimum atomic E-state index is -3.59. The summed E-state index contributed by atoms with van der Waals surface area (Å²) in [7, 11) is -6.86. The average molecular weight is 318 g/mol. The van der Waals surface area contributed by atoms with Gasteiger partial charge in [0.25, 0.3) is 0 Å². The topological polar surface area (TPSA) is 97.4 Å². The third-order valence-corrected chi connectivity index (χ3v) is 7.49. The van der Waals surface area contributed by atoms with Gasteiger partial charge in [-0.25, -0.2) is 16.8 Å². The van der Waals surface area contributed by atoms with E-state index in [2.05, 4.69) is 5.32 Å². The lowest BCUT2D eigenvalue weighted by Gasteiger charge is -2.24. The number of hydrogen-bond acceptors (Lipinski definition) is 5. The van der Waals surface area contributed by atoms with Crippen molar-refractivity contribution in [2.75, 3.05) is 17.8 Å². The zero-order valence-electron chi connectivity index (χ0n) is 10.3. The predicted octanol–water partition coefficient (Wildman–Crippen LogP) is -0.670. The van der Waals surface area contributed by atoms with Crippen LogP contribution >= 0.6 is 11.6 Å². The molecule has 1 heterocycles. The lowest BCUT2D eigenvalue weighted by molar-refractivity contribution is -0.123. The highest BCUT2D eigenvalue weighted by atomic mass is 35.5. The summed E-state index contributed by atoms with van der Waals surface area (Å²) in [5.41, 5.74) is 0. The fraction of sp³-hybridized carbons (Fsp3) is 0.889. The first-order chi connectivity index (χ1) is 7.87. The molecule has 0 aliphatic carbocycles. The van der Waals surface area contributed by atoms with Crippen molar-refractivity contribution in [1.82, 2.24) is 5.32 Å². The van der Waals surface area contributed by atoms with E-state index in [1.54, 1.807) is 0 Å². The van der Waals surface area contributed by atoms with Crippen molar-refractivity contribution >= 4 is 37.2 Å². The number of alkyl halides is 1. The van der Waals surface area contributed by atoms with Gasteiger partial charge in [0.1, 0.15) is 4.75 Å². The number of carbonyl (C=O) groups is 1. The van der Waals surface area contributed by atoms with Crippen molar-refractivity contribution in [3.8, 4) is 0 Å². The molecule has 1 amide bonds. The molecule has 1 aliphatic heterocycles. The van der Waals surface area contributed by atoms with E-state index in [0.29, 0.717) is 0 Å². The number of halogens is 1. The summed E-state index contributed by atoms with van der Waals surface area (Å²) in [5, 5.41) is 1.67. The van der Waals surface area contributed by atoms with Gasteiger partial charge in [0.05, 0.1) is 22.9 Å². The van der Waals surface area contributed by atoms with E-state index in [1.807, 2.05) is 0 Å². The second kappa shape index (κ2) is 4.64. The fourth-order valence-electron chi connectivity index (χ4n) is 1.45. The summed E-state index contributed by atoms with van der Waals surface area (Å²) < 4.78 is 44.0. The van der Waals surface area contributed by atoms with Crippen molar-refractivity contribution < 1.29 is 21.6 Å². The Balaban J connectivity index is 2.85. The number of amides is 1. The molecular weight excluding hydrogens is 302 g/mol. The Kier molecular flexibility index (Phi) is 4.06. The zero-order chi connectivity index (χ0) is 14.4. The Morgan fingerprint density at radius 2 is 1.83 bits per heavy atom. The largest absolute Gasteiger partial charge is 0.349 e. The molecule has 0 spiro atoms. The van der Waals surface area contributed by atoms with Crippen LogP contribution in [0.15, 0.2) is 0 Å². The maximum absolute atomic E-state index is 11.9. The highest BCUT2D eigenvalue weighted by molar-refractivity contribution is 7.93. The van der Waals surface area contributed by atoms with Crippen LogP contribution in [0.5, 0.6) is 0 Å². The minimum Gasteiger partial charge on any atom is -0.349 e. The molecule has 0 aromatic heterocycles. The van der Waals surface area contributed by atoms with Crippen LogP contribution in [0.25, 0.3) is 0 Å². The van der Waals surface area contributed by atoms with Crippen molar-refractivity contribution in [3.63, 3.8) is 0 Å². The highest BCUT2D eigenvalue weighted by Gasteiger charge is 2.43. The van der Waals surface area contributed by atoms with Gasteiger partial charge in [-0.05, 0) is 13.8 Å². The fourth-order valence-corrected chi connectivity index (χ4v) is 4.39. The molecule has 1 saturated heterocycles. The molecule has 106 valence electrons. The highest BCUT2D eigenvalue weighted by Crippen LogP contribution is 2.21. The van der Waals surface area contributed by atoms with Gasteiger partial charge < -0.3 is 5.32 Å². The van der Waals surface area contributed by atoms with Crippen molar-refractivity contribution in [1.29, 1.82) is 0 Å². The molecule has 0 aromatic rings. The number of carbonyl (C=O) groups excluding carboxylic acids is 1. The van der Waals surface area contributed by atoms with Gasteiger partial charge in [0.2, 0.25) is 5.91 Å². The first-order valence-corrected chi connectivity index (χ1v) is 9.37. The molecule has 0 bridgehead atoms. The van der Waals surface area contributed by atoms with Crippen LogP contribution in [0.2, 0.25) is 0 Å². The first kappa shape index (κ1) is 15.7. The normalized spacial score (nSPS) is 28.0. The average Bonchev–Trinajstić information content (AvgIpc) is 2.37. The first-order valence-electron chi connectivity index (χ1n) is 5.22. The van der Waals surface area contributed by atoms with Crippen molar-refractivity contribution in [2.45, 2.75) is 30.0 Å². The smallest absolute Gasteiger partial charge is 0.241 e. The number of rotatable bonds is 3. The molecule has 0 saturated carbocycles. The monoisotopic (exact) mass is 317 g/mol. The summed E-state index contributed by atoms with van der Waals surface area (Å²) in [4.78, 5) is 11.9. The van der Waals surface area contributed by atoms with E-state index in [-0.39, 0.29) is 11.5 Å². The van der Waals surface area contributed by atoms with Gasteiger partial charge in [0.15, 0.2) is 19.7 Å². The Labute approximate surface area is 112 Å². The molecule has 9 heteroatoms. The molecule has 1 fully saturated rings. The van der Waals surface area contributed by atoms with E-state index >= 15 is 0 Å². The lowest BCUT2D eigenvalue weighted by atomic mass is 10.1. The third kappa shape index (κ3) is 3.16. The molecule has 2 unspecified atom stereocenters. The van der Waals surface area contributed by atoms with Crippen LogP contribution < -0.4 is 5.32 Å². The standard InChI is InChI=1S/C9H16ClNO5S2/c1-9(2,17(3,13)14)8(12)11-7-5-18(15,16)4-6(7)10/h6-7H,4-5H2,1-3H3,(H,11,12). The molecule has 6 nitrogen and oxygen atoms in total. The quantitative estimate of drug-likeness (QED) is 0.696. The van der Waals surface area contributed by atoms with E-state index in [1.165, 1.54) is 13.8 Å². The van der Waals surface area contributed by atoms with E-state index in [4.69, 9.17) is 11.6 Å². The van der Waals surface area contributed by atoms with E-state index in [9.17, 15) is 21.6 Å². The molecule has 1 rings (SSSR count). The minimum absolute atomic E-state index is 0.210. The van der Waals surface area contributed by atoms with E-state index in [0.717, 1.165) is 6.26 Å². The number of sulfone groups is 2. The van der Waals surface area contributed by atoms with Crippen LogP contribution in [-0.4, -0.2) is 56.7 Å². The molecule has 0 aromatic carbocycles. The maximum Gasteiger partial charge on any atom is 0.241 e. The van der Waals surface area contributed by atoms with Crippen LogP contribution in [-0.2, 0) is 24.5 Å². The Morgan fingerprint density at radius 3 is 2.17 bits per heavy atom. The second-order valence-electron chi connectivity index (χ2n) is 4.96. The van der Waals surface area contributed by atoms with Gasteiger partial charge in [-0.1, -0.05) is 0 Å². The van der Waals surface area contributed by atoms with Crippen LogP contribution in [0.4, 0.5) is 0 Å². The zero-order valence-corrected chi connectivity index (χ0v) is 12.7. The molecule has 2 atom stereocenters. The maximum atomic E-state index is 11.9. The summed E-state index contributed by atoms with van der Waals surface area (Å²) in [6.07, 6.45) is 0.955. The summed E-state index contributed by atoms with van der Waals surface area (Å²) in [6, 6.07) is -0.745. The summed E-state index contributed by atoms with van der Waals surface area (Å²) >= 11 is 5.83. The summed E-state index contributed by atoms with van der Waals surface area (Å²) in [6.45, 7) is 2.54. The van der Waals surface area contributed by atoms with Gasteiger partial charge >= 0.3 is 0 Å². The van der Waals surface area contributed by atoms with Crippen molar-refractivity contribution in [3.05, 3.63) is 0 Å². The van der Waals surface area contributed by atoms with Crippen LogP contribution in [0.1, 0.15) is 13.8 Å². The Morgan fingerprint density at radius 1 is 1.33 bits per heavy atom. The van der Waals surface area contributed by atoms with Crippen molar-refractivity contribution in [2.24, 2.45) is 0 Å². The molecule has 18 heavy (non-hydrogen) atoms. The third-order valence-electron chi connectivity index (χ3n) is 3.07. The SMILES string of the molecule is CC(C)(C(=O)NC1CS(=O)(=O)CC1Cl)S(C)(=O)=O. The van der Waals surface area contributed by atoms with Gasteiger partial charge in [0, 0.05) is 6.26 Å². The number of nitrogens with one attached hydrogen (secondary N) is 1. The van der Waals surface area contributed by atoms with E-state index < -0.39 is 41.7 Å². The molecule has 1 aliphatic rings. The summed E-state index contributed by atoms with van der Waals surface area (Å²) in [5.74, 6) is -1.20. The predicted molar refractivity (Wildman–Crippen MR) is 69.1 cm³/mol. The Bertz CT molecular complexity index is 552. The molecule has 0 radical (unpaired) electrons.